The number of nitrogens with zero attached hydrogens (tertiary/aromatic N) is 4. The number of oxazole rings is 1. The molecule has 7 nitrogen and oxygen atoms in total. The SMILES string of the molecule is COc1ccccc1-c1cnc(CSc2nnc(N)n2C2CC2)o1. The second-order valence-corrected chi connectivity index (χ2v) is 6.49. The van der Waals surface area contributed by atoms with Gasteiger partial charge in [-0.2, -0.15) is 0 Å². The Balaban J connectivity index is 1.50. The van der Waals surface area contributed by atoms with E-state index in [2.05, 4.69) is 15.2 Å². The monoisotopic (exact) mass is 343 g/mol. The Morgan fingerprint density at radius 2 is 2.17 bits per heavy atom. The van der Waals surface area contributed by atoms with Crippen LogP contribution >= 0.6 is 11.8 Å². The first-order valence-corrected chi connectivity index (χ1v) is 8.66. The van der Waals surface area contributed by atoms with Crippen LogP contribution in [0.3, 0.4) is 0 Å². The number of hydrogen-bond donors (Lipinski definition) is 1. The summed E-state index contributed by atoms with van der Waals surface area (Å²) in [4.78, 5) is 4.35. The molecule has 3 aromatic rings. The molecule has 1 aliphatic carbocycles. The third kappa shape index (κ3) is 2.84. The van der Waals surface area contributed by atoms with Crippen molar-refractivity contribution in [3.05, 3.63) is 36.4 Å². The van der Waals surface area contributed by atoms with E-state index in [1.165, 1.54) is 11.8 Å². The average molecular weight is 343 g/mol. The van der Waals surface area contributed by atoms with E-state index in [1.54, 1.807) is 13.3 Å². The molecule has 124 valence electrons. The molecule has 0 unspecified atom stereocenters. The van der Waals surface area contributed by atoms with Crippen molar-refractivity contribution in [3.8, 4) is 17.1 Å². The van der Waals surface area contributed by atoms with Crippen LogP contribution < -0.4 is 10.5 Å². The van der Waals surface area contributed by atoms with Crippen molar-refractivity contribution >= 4 is 17.7 Å². The summed E-state index contributed by atoms with van der Waals surface area (Å²) < 4.78 is 13.2. The van der Waals surface area contributed by atoms with Crippen molar-refractivity contribution in [2.75, 3.05) is 12.8 Å². The molecule has 0 saturated heterocycles. The highest BCUT2D eigenvalue weighted by Crippen LogP contribution is 2.40. The fourth-order valence-electron chi connectivity index (χ4n) is 2.54. The lowest BCUT2D eigenvalue weighted by atomic mass is 10.1. The third-order valence-electron chi connectivity index (χ3n) is 3.85. The number of para-hydroxylation sites is 1. The standard InChI is InChI=1S/C16H17N5O2S/c1-22-12-5-3-2-4-11(12)13-8-18-14(23-13)9-24-16-20-19-15(17)21(16)10-6-7-10/h2-5,8,10H,6-7,9H2,1H3,(H2,17,19). The van der Waals surface area contributed by atoms with Crippen LogP contribution in [0, 0.1) is 0 Å². The first-order chi connectivity index (χ1) is 11.8. The van der Waals surface area contributed by atoms with Gasteiger partial charge >= 0.3 is 0 Å². The normalized spacial score (nSPS) is 14.0. The van der Waals surface area contributed by atoms with Gasteiger partial charge in [0.15, 0.2) is 10.9 Å². The van der Waals surface area contributed by atoms with Gasteiger partial charge in [-0.15, -0.1) is 10.2 Å². The number of methoxy groups -OCH3 is 1. The molecule has 0 amide bonds. The molecule has 0 radical (unpaired) electrons. The highest BCUT2D eigenvalue weighted by atomic mass is 32.2. The Kier molecular flexibility index (Phi) is 3.89. The zero-order valence-corrected chi connectivity index (χ0v) is 14.0. The van der Waals surface area contributed by atoms with E-state index in [0.29, 0.717) is 29.4 Å². The van der Waals surface area contributed by atoms with E-state index < -0.39 is 0 Å². The van der Waals surface area contributed by atoms with Gasteiger partial charge in [0.05, 0.1) is 24.6 Å². The largest absolute Gasteiger partial charge is 0.496 e. The lowest BCUT2D eigenvalue weighted by Crippen LogP contribution is -2.02. The number of ether oxygens (including phenoxy) is 1. The second kappa shape index (κ2) is 6.20. The number of thioether (sulfide) groups is 1. The van der Waals surface area contributed by atoms with E-state index in [1.807, 2.05) is 28.8 Å². The van der Waals surface area contributed by atoms with E-state index in [0.717, 1.165) is 29.3 Å². The summed E-state index contributed by atoms with van der Waals surface area (Å²) in [6, 6.07) is 8.14. The van der Waals surface area contributed by atoms with Crippen molar-refractivity contribution in [1.82, 2.24) is 19.7 Å². The number of anilines is 1. The van der Waals surface area contributed by atoms with Crippen LogP contribution in [0.1, 0.15) is 24.8 Å². The first-order valence-electron chi connectivity index (χ1n) is 7.67. The highest BCUT2D eigenvalue weighted by Gasteiger charge is 2.29. The van der Waals surface area contributed by atoms with E-state index >= 15 is 0 Å². The topological polar surface area (TPSA) is 92.0 Å². The molecule has 4 rings (SSSR count). The summed E-state index contributed by atoms with van der Waals surface area (Å²) in [5, 5.41) is 8.93. The Morgan fingerprint density at radius 3 is 2.96 bits per heavy atom. The Labute approximate surface area is 143 Å². The smallest absolute Gasteiger partial charge is 0.222 e. The maximum Gasteiger partial charge on any atom is 0.222 e. The minimum absolute atomic E-state index is 0.441. The summed E-state index contributed by atoms with van der Waals surface area (Å²) in [6.45, 7) is 0. The quantitative estimate of drug-likeness (QED) is 0.687. The van der Waals surface area contributed by atoms with Crippen LogP contribution in [-0.2, 0) is 5.75 Å². The zero-order valence-electron chi connectivity index (χ0n) is 13.2. The predicted octanol–water partition coefficient (Wildman–Crippen LogP) is 3.15. The molecule has 2 aromatic heterocycles. The number of nitrogens with two attached hydrogens (primary N) is 1. The van der Waals surface area contributed by atoms with Crippen LogP contribution in [0.5, 0.6) is 5.75 Å². The molecule has 0 atom stereocenters. The van der Waals surface area contributed by atoms with Gasteiger partial charge in [0.1, 0.15) is 5.75 Å². The maximum absolute atomic E-state index is 5.89. The molecule has 2 heterocycles. The summed E-state index contributed by atoms with van der Waals surface area (Å²) >= 11 is 1.53. The number of nitrogen functional groups attached to an aromatic ring is 1. The van der Waals surface area contributed by atoms with Crippen LogP contribution in [0.4, 0.5) is 5.95 Å². The van der Waals surface area contributed by atoms with Gasteiger partial charge in [0.2, 0.25) is 11.8 Å². The number of hydrogen-bond acceptors (Lipinski definition) is 7. The molecule has 1 fully saturated rings. The Bertz CT molecular complexity index is 856. The molecule has 1 aliphatic rings. The van der Waals surface area contributed by atoms with Crippen LogP contribution in [0.15, 0.2) is 40.0 Å². The Hall–Kier alpha value is -2.48. The fourth-order valence-corrected chi connectivity index (χ4v) is 3.41. The minimum Gasteiger partial charge on any atom is -0.496 e. The fraction of sp³-hybridized carbons (Fsp3) is 0.312. The van der Waals surface area contributed by atoms with Gasteiger partial charge in [-0.05, 0) is 25.0 Å². The van der Waals surface area contributed by atoms with Gasteiger partial charge in [0, 0.05) is 6.04 Å². The molecule has 1 saturated carbocycles. The molecular weight excluding hydrogens is 326 g/mol. The summed E-state index contributed by atoms with van der Waals surface area (Å²) in [7, 11) is 1.64. The lowest BCUT2D eigenvalue weighted by Gasteiger charge is -2.05. The van der Waals surface area contributed by atoms with E-state index in [9.17, 15) is 0 Å². The van der Waals surface area contributed by atoms with Crippen molar-refractivity contribution in [3.63, 3.8) is 0 Å². The van der Waals surface area contributed by atoms with Gasteiger partial charge in [-0.3, -0.25) is 4.57 Å². The second-order valence-electron chi connectivity index (χ2n) is 5.55. The molecule has 2 N–H and O–H groups in total. The van der Waals surface area contributed by atoms with Gasteiger partial charge in [-0.1, -0.05) is 23.9 Å². The molecule has 24 heavy (non-hydrogen) atoms. The molecule has 0 spiro atoms. The number of aromatic nitrogens is 4. The number of rotatable bonds is 6. The van der Waals surface area contributed by atoms with E-state index in [4.69, 9.17) is 14.9 Å². The molecule has 0 aliphatic heterocycles. The maximum atomic E-state index is 5.89. The summed E-state index contributed by atoms with van der Waals surface area (Å²) in [6.07, 6.45) is 3.98. The van der Waals surface area contributed by atoms with Gasteiger partial charge in [0.25, 0.3) is 0 Å². The molecular formula is C16H17N5O2S. The summed E-state index contributed by atoms with van der Waals surface area (Å²) in [5.41, 5.74) is 6.77. The van der Waals surface area contributed by atoms with E-state index in [-0.39, 0.29) is 0 Å². The van der Waals surface area contributed by atoms with Crippen molar-refractivity contribution in [1.29, 1.82) is 0 Å². The zero-order chi connectivity index (χ0) is 16.5. The first kappa shape index (κ1) is 15.1. The third-order valence-corrected chi connectivity index (χ3v) is 4.78. The van der Waals surface area contributed by atoms with Crippen LogP contribution in [0.25, 0.3) is 11.3 Å². The van der Waals surface area contributed by atoms with Crippen LogP contribution in [0.2, 0.25) is 0 Å². The molecule has 1 aromatic carbocycles. The minimum atomic E-state index is 0.441. The van der Waals surface area contributed by atoms with Crippen molar-refractivity contribution < 1.29 is 9.15 Å². The lowest BCUT2D eigenvalue weighted by molar-refractivity contribution is 0.414. The van der Waals surface area contributed by atoms with Crippen molar-refractivity contribution in [2.45, 2.75) is 29.8 Å². The van der Waals surface area contributed by atoms with Gasteiger partial charge in [-0.25, -0.2) is 4.98 Å². The average Bonchev–Trinajstić information content (AvgIpc) is 3.21. The van der Waals surface area contributed by atoms with Crippen molar-refractivity contribution in [2.24, 2.45) is 0 Å². The molecule has 0 bridgehead atoms. The predicted molar refractivity (Wildman–Crippen MR) is 90.8 cm³/mol. The molecule has 8 heteroatoms. The Morgan fingerprint density at radius 1 is 1.33 bits per heavy atom. The van der Waals surface area contributed by atoms with Gasteiger partial charge < -0.3 is 14.9 Å². The highest BCUT2D eigenvalue weighted by molar-refractivity contribution is 7.98. The van der Waals surface area contributed by atoms with Crippen LogP contribution in [-0.4, -0.2) is 26.9 Å². The summed E-state index contributed by atoms with van der Waals surface area (Å²) in [5.74, 6) is 3.12. The number of benzene rings is 1.